The molecule has 0 aromatic heterocycles. The van der Waals surface area contributed by atoms with Crippen LogP contribution in [-0.4, -0.2) is 17.9 Å². The molecule has 0 aliphatic carbocycles. The first-order chi connectivity index (χ1) is 9.47. The Kier molecular flexibility index (Phi) is 4.40. The van der Waals surface area contributed by atoms with Crippen LogP contribution in [0.3, 0.4) is 0 Å². The highest BCUT2D eigenvalue weighted by Crippen LogP contribution is 2.15. The number of benzene rings is 2. The molecule has 0 unspecified atom stereocenters. The molecule has 0 heterocycles. The number of hydrogen-bond acceptors (Lipinski definition) is 1. The molecule has 0 aliphatic rings. The second-order valence-corrected chi connectivity index (χ2v) is 5.18. The number of halogens is 2. The molecule has 0 fully saturated rings. The van der Waals surface area contributed by atoms with Gasteiger partial charge < -0.3 is 4.90 Å². The lowest BCUT2D eigenvalue weighted by atomic mass is 10.1. The predicted octanol–water partition coefficient (Wildman–Crippen LogP) is 4.06. The maximum absolute atomic E-state index is 13.1. The van der Waals surface area contributed by atoms with E-state index in [1.165, 1.54) is 18.2 Å². The van der Waals surface area contributed by atoms with Gasteiger partial charge >= 0.3 is 0 Å². The second-order valence-electron chi connectivity index (χ2n) is 4.75. The van der Waals surface area contributed by atoms with E-state index in [-0.39, 0.29) is 11.7 Å². The molecule has 1 amide bonds. The Hall–Kier alpha value is -1.87. The van der Waals surface area contributed by atoms with Gasteiger partial charge in [0.2, 0.25) is 0 Å². The number of hydrogen-bond donors (Lipinski definition) is 0. The van der Waals surface area contributed by atoms with Crippen molar-refractivity contribution < 1.29 is 9.18 Å². The van der Waals surface area contributed by atoms with Crippen molar-refractivity contribution in [2.24, 2.45) is 0 Å². The van der Waals surface area contributed by atoms with Gasteiger partial charge in [-0.1, -0.05) is 23.7 Å². The van der Waals surface area contributed by atoms with Gasteiger partial charge in [0, 0.05) is 24.2 Å². The minimum atomic E-state index is -0.334. The molecule has 2 rings (SSSR count). The van der Waals surface area contributed by atoms with Crippen LogP contribution in [0.25, 0.3) is 0 Å². The highest BCUT2D eigenvalue weighted by atomic mass is 35.5. The SMILES string of the molecule is Cc1cc(F)ccc1C(=O)N(C)Cc1ccc(Cl)cc1. The summed E-state index contributed by atoms with van der Waals surface area (Å²) in [5.41, 5.74) is 2.14. The van der Waals surface area contributed by atoms with Crippen LogP contribution in [0.4, 0.5) is 4.39 Å². The summed E-state index contributed by atoms with van der Waals surface area (Å²) in [7, 11) is 1.72. The maximum atomic E-state index is 13.1. The number of aryl methyl sites for hydroxylation is 1. The molecule has 4 heteroatoms. The molecule has 20 heavy (non-hydrogen) atoms. The zero-order chi connectivity index (χ0) is 14.7. The van der Waals surface area contributed by atoms with E-state index in [0.717, 1.165) is 5.56 Å². The number of carbonyl (C=O) groups excluding carboxylic acids is 1. The second kappa shape index (κ2) is 6.06. The van der Waals surface area contributed by atoms with Gasteiger partial charge in [0.15, 0.2) is 0 Å². The summed E-state index contributed by atoms with van der Waals surface area (Å²) in [6, 6.07) is 11.5. The van der Waals surface area contributed by atoms with Crippen molar-refractivity contribution in [3.05, 3.63) is 70.0 Å². The molecule has 0 atom stereocenters. The third kappa shape index (κ3) is 3.36. The van der Waals surface area contributed by atoms with Gasteiger partial charge in [-0.2, -0.15) is 0 Å². The van der Waals surface area contributed by atoms with Gasteiger partial charge in [-0.15, -0.1) is 0 Å². The molecular formula is C16H15ClFNO. The highest BCUT2D eigenvalue weighted by molar-refractivity contribution is 6.30. The summed E-state index contributed by atoms with van der Waals surface area (Å²) in [6.45, 7) is 2.21. The van der Waals surface area contributed by atoms with E-state index in [9.17, 15) is 9.18 Å². The number of carbonyl (C=O) groups is 1. The Morgan fingerprint density at radius 1 is 1.20 bits per heavy atom. The molecule has 0 N–H and O–H groups in total. The lowest BCUT2D eigenvalue weighted by Crippen LogP contribution is -2.26. The van der Waals surface area contributed by atoms with Crippen LogP contribution >= 0.6 is 11.6 Å². The molecular weight excluding hydrogens is 277 g/mol. The van der Waals surface area contributed by atoms with Crippen LogP contribution in [0.15, 0.2) is 42.5 Å². The van der Waals surface area contributed by atoms with Crippen LogP contribution < -0.4 is 0 Å². The summed E-state index contributed by atoms with van der Waals surface area (Å²) in [5.74, 6) is -0.461. The molecule has 2 nitrogen and oxygen atoms in total. The van der Waals surface area contributed by atoms with Crippen LogP contribution in [0.1, 0.15) is 21.5 Å². The molecule has 0 saturated carbocycles. The Bertz CT molecular complexity index is 625. The van der Waals surface area contributed by atoms with E-state index in [1.807, 2.05) is 12.1 Å². The lowest BCUT2D eigenvalue weighted by Gasteiger charge is -2.18. The fraction of sp³-hybridized carbons (Fsp3) is 0.188. The zero-order valence-corrected chi connectivity index (χ0v) is 12.1. The first-order valence-corrected chi connectivity index (χ1v) is 6.61. The molecule has 104 valence electrons. The third-order valence-corrected chi connectivity index (χ3v) is 3.35. The Morgan fingerprint density at radius 3 is 2.45 bits per heavy atom. The zero-order valence-electron chi connectivity index (χ0n) is 11.4. The van der Waals surface area contributed by atoms with Gasteiger partial charge in [-0.25, -0.2) is 4.39 Å². The van der Waals surface area contributed by atoms with E-state index in [1.54, 1.807) is 31.0 Å². The molecule has 0 radical (unpaired) electrons. The van der Waals surface area contributed by atoms with Crippen molar-refractivity contribution >= 4 is 17.5 Å². The summed E-state index contributed by atoms with van der Waals surface area (Å²) in [6.07, 6.45) is 0. The van der Waals surface area contributed by atoms with Gasteiger partial charge in [-0.05, 0) is 48.4 Å². The van der Waals surface area contributed by atoms with E-state index >= 15 is 0 Å². The van der Waals surface area contributed by atoms with Crippen molar-refractivity contribution in [3.8, 4) is 0 Å². The van der Waals surface area contributed by atoms with Crippen LogP contribution in [-0.2, 0) is 6.54 Å². The fourth-order valence-corrected chi connectivity index (χ4v) is 2.13. The quantitative estimate of drug-likeness (QED) is 0.835. The number of amides is 1. The minimum Gasteiger partial charge on any atom is -0.337 e. The summed E-state index contributed by atoms with van der Waals surface area (Å²) >= 11 is 5.83. The van der Waals surface area contributed by atoms with Crippen molar-refractivity contribution in [1.82, 2.24) is 4.90 Å². The van der Waals surface area contributed by atoms with Crippen molar-refractivity contribution in [3.63, 3.8) is 0 Å². The maximum Gasteiger partial charge on any atom is 0.254 e. The molecule has 0 bridgehead atoms. The van der Waals surface area contributed by atoms with Crippen molar-refractivity contribution in [2.45, 2.75) is 13.5 Å². The summed E-state index contributed by atoms with van der Waals surface area (Å²) in [4.78, 5) is 13.9. The Labute approximate surface area is 122 Å². The standard InChI is InChI=1S/C16H15ClFNO/c1-11-9-14(18)7-8-15(11)16(20)19(2)10-12-3-5-13(17)6-4-12/h3-9H,10H2,1-2H3. The van der Waals surface area contributed by atoms with Gasteiger partial charge in [0.05, 0.1) is 0 Å². The normalized spacial score (nSPS) is 10.4. The van der Waals surface area contributed by atoms with Gasteiger partial charge in [0.25, 0.3) is 5.91 Å². The largest absolute Gasteiger partial charge is 0.337 e. The monoisotopic (exact) mass is 291 g/mol. The Balaban J connectivity index is 2.14. The lowest BCUT2D eigenvalue weighted by molar-refractivity contribution is 0.0784. The molecule has 0 saturated heterocycles. The number of nitrogens with zero attached hydrogens (tertiary/aromatic N) is 1. The smallest absolute Gasteiger partial charge is 0.254 e. The summed E-state index contributed by atoms with van der Waals surface area (Å²) in [5, 5.41) is 0.664. The van der Waals surface area contributed by atoms with Crippen molar-refractivity contribution in [1.29, 1.82) is 0 Å². The predicted molar refractivity (Wildman–Crippen MR) is 78.4 cm³/mol. The average molecular weight is 292 g/mol. The van der Waals surface area contributed by atoms with Crippen LogP contribution in [0, 0.1) is 12.7 Å². The van der Waals surface area contributed by atoms with E-state index < -0.39 is 0 Å². The molecule has 0 spiro atoms. The average Bonchev–Trinajstić information content (AvgIpc) is 2.40. The first kappa shape index (κ1) is 14.5. The fourth-order valence-electron chi connectivity index (χ4n) is 2.01. The third-order valence-electron chi connectivity index (χ3n) is 3.10. The first-order valence-electron chi connectivity index (χ1n) is 6.23. The molecule has 2 aromatic rings. The summed E-state index contributed by atoms with van der Waals surface area (Å²) < 4.78 is 13.1. The molecule has 2 aromatic carbocycles. The van der Waals surface area contributed by atoms with E-state index in [0.29, 0.717) is 22.7 Å². The van der Waals surface area contributed by atoms with E-state index in [4.69, 9.17) is 11.6 Å². The van der Waals surface area contributed by atoms with E-state index in [2.05, 4.69) is 0 Å². The van der Waals surface area contributed by atoms with Gasteiger partial charge in [-0.3, -0.25) is 4.79 Å². The van der Waals surface area contributed by atoms with Gasteiger partial charge in [0.1, 0.15) is 5.82 Å². The van der Waals surface area contributed by atoms with Crippen LogP contribution in [0.5, 0.6) is 0 Å². The topological polar surface area (TPSA) is 20.3 Å². The van der Waals surface area contributed by atoms with Crippen LogP contribution in [0.2, 0.25) is 5.02 Å². The van der Waals surface area contributed by atoms with Crippen molar-refractivity contribution in [2.75, 3.05) is 7.05 Å². The minimum absolute atomic E-state index is 0.127. The number of rotatable bonds is 3. The molecule has 0 aliphatic heterocycles. The highest BCUT2D eigenvalue weighted by Gasteiger charge is 2.14. The Morgan fingerprint density at radius 2 is 1.85 bits per heavy atom.